The van der Waals surface area contributed by atoms with Crippen LogP contribution < -0.4 is 4.74 Å². The van der Waals surface area contributed by atoms with Gasteiger partial charge in [-0.05, 0) is 23.8 Å². The molecule has 148 valence electrons. The second-order valence-corrected chi connectivity index (χ2v) is 7.33. The summed E-state index contributed by atoms with van der Waals surface area (Å²) in [6.45, 7) is 3.10. The third-order valence-corrected chi connectivity index (χ3v) is 5.58. The van der Waals surface area contributed by atoms with Gasteiger partial charge >= 0.3 is 0 Å². The number of ether oxygens (including phenoxy) is 2. The number of benzene rings is 2. The monoisotopic (exact) mass is 388 g/mol. The van der Waals surface area contributed by atoms with Crippen molar-refractivity contribution in [2.24, 2.45) is 0 Å². The zero-order chi connectivity index (χ0) is 19.6. The molecule has 0 spiro atoms. The summed E-state index contributed by atoms with van der Waals surface area (Å²) in [6, 6.07) is 16.5. The third kappa shape index (κ3) is 3.52. The average Bonchev–Trinajstić information content (AvgIpc) is 3.42. The molecule has 0 saturated carbocycles. The number of nitrogens with zero attached hydrogens (tertiary/aromatic N) is 2. The van der Waals surface area contributed by atoms with E-state index in [9.17, 15) is 0 Å². The summed E-state index contributed by atoms with van der Waals surface area (Å²) in [5.41, 5.74) is 4.51. The van der Waals surface area contributed by atoms with E-state index in [4.69, 9.17) is 9.47 Å². The number of aromatic amines is 2. The number of methoxy groups -OCH3 is 1. The highest BCUT2D eigenvalue weighted by molar-refractivity contribution is 5.83. The lowest BCUT2D eigenvalue weighted by Gasteiger charge is -2.34. The van der Waals surface area contributed by atoms with Crippen molar-refractivity contribution in [1.29, 1.82) is 0 Å². The molecule has 0 radical (unpaired) electrons. The van der Waals surface area contributed by atoms with Gasteiger partial charge < -0.3 is 19.4 Å². The molecule has 0 unspecified atom stereocenters. The number of para-hydroxylation sites is 1. The second kappa shape index (κ2) is 7.73. The summed E-state index contributed by atoms with van der Waals surface area (Å²) < 4.78 is 11.1. The van der Waals surface area contributed by atoms with E-state index in [0.717, 1.165) is 42.5 Å². The second-order valence-electron chi connectivity index (χ2n) is 7.33. The lowest BCUT2D eigenvalue weighted by atomic mass is 10.1. The quantitative estimate of drug-likeness (QED) is 0.539. The predicted octanol–water partition coefficient (Wildman–Crippen LogP) is 4.14. The number of H-pyrrole nitrogens is 2. The number of fused-ring (bicyclic) bond motifs is 1. The Morgan fingerprint density at radius 1 is 1.21 bits per heavy atom. The summed E-state index contributed by atoms with van der Waals surface area (Å²) in [6.07, 6.45) is 4.00. The van der Waals surface area contributed by atoms with Crippen LogP contribution in [0.2, 0.25) is 0 Å². The van der Waals surface area contributed by atoms with E-state index in [2.05, 4.69) is 56.4 Å². The summed E-state index contributed by atoms with van der Waals surface area (Å²) in [7, 11) is 1.68. The van der Waals surface area contributed by atoms with Crippen molar-refractivity contribution in [2.45, 2.75) is 12.6 Å². The third-order valence-electron chi connectivity index (χ3n) is 5.58. The van der Waals surface area contributed by atoms with Gasteiger partial charge in [-0.25, -0.2) is 4.98 Å². The van der Waals surface area contributed by atoms with Gasteiger partial charge in [-0.15, -0.1) is 0 Å². The van der Waals surface area contributed by atoms with Crippen LogP contribution in [0.5, 0.6) is 5.75 Å². The van der Waals surface area contributed by atoms with Crippen molar-refractivity contribution in [3.05, 3.63) is 72.3 Å². The van der Waals surface area contributed by atoms with Crippen LogP contribution >= 0.6 is 0 Å². The van der Waals surface area contributed by atoms with Crippen LogP contribution in [0, 0.1) is 0 Å². The van der Waals surface area contributed by atoms with Crippen molar-refractivity contribution in [1.82, 2.24) is 19.9 Å². The van der Waals surface area contributed by atoms with Gasteiger partial charge in [0.05, 0.1) is 38.3 Å². The highest BCUT2D eigenvalue weighted by atomic mass is 16.5. The number of aromatic nitrogens is 3. The number of morpholine rings is 1. The molecule has 0 amide bonds. The van der Waals surface area contributed by atoms with Crippen molar-refractivity contribution < 1.29 is 9.47 Å². The van der Waals surface area contributed by atoms with Gasteiger partial charge in [-0.1, -0.05) is 30.3 Å². The Morgan fingerprint density at radius 3 is 3.07 bits per heavy atom. The molecular formula is C23H24N4O2. The Morgan fingerprint density at radius 2 is 2.14 bits per heavy atom. The Balaban J connectivity index is 1.41. The highest BCUT2D eigenvalue weighted by Gasteiger charge is 2.27. The molecule has 0 bridgehead atoms. The first-order chi connectivity index (χ1) is 14.3. The molecule has 3 heterocycles. The summed E-state index contributed by atoms with van der Waals surface area (Å²) >= 11 is 0. The zero-order valence-electron chi connectivity index (χ0n) is 16.4. The molecule has 1 aliphatic rings. The van der Waals surface area contributed by atoms with Gasteiger partial charge in [0.2, 0.25) is 0 Å². The first kappa shape index (κ1) is 18.0. The SMILES string of the molecule is COc1cccc(-c2cnc([C@@H]3COCCN3Cc3c[nH]c4ccccc34)[nH]2)c1. The molecule has 1 aliphatic heterocycles. The van der Waals surface area contributed by atoms with Gasteiger partial charge in [-0.2, -0.15) is 0 Å². The number of imidazole rings is 1. The maximum absolute atomic E-state index is 5.80. The maximum Gasteiger partial charge on any atom is 0.126 e. The van der Waals surface area contributed by atoms with Gasteiger partial charge in [-0.3, -0.25) is 4.90 Å². The van der Waals surface area contributed by atoms with Crippen LogP contribution in [0.1, 0.15) is 17.4 Å². The van der Waals surface area contributed by atoms with Crippen LogP contribution in [0.3, 0.4) is 0 Å². The zero-order valence-corrected chi connectivity index (χ0v) is 16.4. The molecule has 5 rings (SSSR count). The first-order valence-electron chi connectivity index (χ1n) is 9.88. The Bertz CT molecular complexity index is 1120. The minimum atomic E-state index is 0.0942. The molecule has 2 aromatic carbocycles. The molecule has 1 fully saturated rings. The van der Waals surface area contributed by atoms with Crippen molar-refractivity contribution in [3.63, 3.8) is 0 Å². The van der Waals surface area contributed by atoms with E-state index in [1.165, 1.54) is 16.5 Å². The summed E-state index contributed by atoms with van der Waals surface area (Å²) in [4.78, 5) is 14.0. The van der Waals surface area contributed by atoms with E-state index in [-0.39, 0.29) is 6.04 Å². The number of hydrogen-bond donors (Lipinski definition) is 2. The smallest absolute Gasteiger partial charge is 0.126 e. The van der Waals surface area contributed by atoms with Gasteiger partial charge in [0.25, 0.3) is 0 Å². The number of nitrogens with one attached hydrogen (secondary N) is 2. The molecule has 6 heteroatoms. The predicted molar refractivity (Wildman–Crippen MR) is 113 cm³/mol. The fourth-order valence-electron chi connectivity index (χ4n) is 4.00. The van der Waals surface area contributed by atoms with Crippen molar-refractivity contribution in [2.75, 3.05) is 26.9 Å². The number of hydrogen-bond acceptors (Lipinski definition) is 4. The van der Waals surface area contributed by atoms with E-state index in [1.807, 2.05) is 24.4 Å². The fourth-order valence-corrected chi connectivity index (χ4v) is 4.00. The molecule has 2 aromatic heterocycles. The van der Waals surface area contributed by atoms with Crippen molar-refractivity contribution >= 4 is 10.9 Å². The standard InChI is InChI=1S/C23H24N4O2/c1-28-18-6-4-5-16(11-18)21-13-25-23(26-21)22-15-29-10-9-27(22)14-17-12-24-20-8-3-2-7-19(17)20/h2-8,11-13,22,24H,9-10,14-15H2,1H3,(H,25,26)/t22-/m0/s1. The molecule has 2 N–H and O–H groups in total. The lowest BCUT2D eigenvalue weighted by molar-refractivity contribution is -0.0154. The molecule has 1 atom stereocenters. The summed E-state index contributed by atoms with van der Waals surface area (Å²) in [5.74, 6) is 1.77. The topological polar surface area (TPSA) is 66.2 Å². The van der Waals surface area contributed by atoms with Crippen LogP contribution in [-0.4, -0.2) is 46.7 Å². The van der Waals surface area contributed by atoms with Crippen LogP contribution in [0.4, 0.5) is 0 Å². The first-order valence-corrected chi connectivity index (χ1v) is 9.88. The normalized spacial score (nSPS) is 17.6. The summed E-state index contributed by atoms with van der Waals surface area (Å²) in [5, 5.41) is 1.27. The van der Waals surface area contributed by atoms with Gasteiger partial charge in [0.1, 0.15) is 11.6 Å². The molecular weight excluding hydrogens is 364 g/mol. The molecule has 4 aromatic rings. The van der Waals surface area contributed by atoms with Crippen LogP contribution in [0.25, 0.3) is 22.2 Å². The average molecular weight is 388 g/mol. The van der Waals surface area contributed by atoms with Crippen LogP contribution in [0.15, 0.2) is 60.9 Å². The molecule has 6 nitrogen and oxygen atoms in total. The molecule has 0 aliphatic carbocycles. The Kier molecular flexibility index (Phi) is 4.79. The Hall–Kier alpha value is -3.09. The lowest BCUT2D eigenvalue weighted by Crippen LogP contribution is -2.39. The Labute approximate surface area is 169 Å². The van der Waals surface area contributed by atoms with E-state index in [0.29, 0.717) is 6.61 Å². The maximum atomic E-state index is 5.80. The van der Waals surface area contributed by atoms with E-state index >= 15 is 0 Å². The molecule has 29 heavy (non-hydrogen) atoms. The van der Waals surface area contributed by atoms with Crippen LogP contribution in [-0.2, 0) is 11.3 Å². The minimum Gasteiger partial charge on any atom is -0.497 e. The van der Waals surface area contributed by atoms with E-state index in [1.54, 1.807) is 7.11 Å². The largest absolute Gasteiger partial charge is 0.497 e. The van der Waals surface area contributed by atoms with E-state index < -0.39 is 0 Å². The fraction of sp³-hybridized carbons (Fsp3) is 0.261. The van der Waals surface area contributed by atoms with Gasteiger partial charge in [0.15, 0.2) is 0 Å². The minimum absolute atomic E-state index is 0.0942. The molecule has 1 saturated heterocycles. The van der Waals surface area contributed by atoms with Crippen molar-refractivity contribution in [3.8, 4) is 17.0 Å². The number of rotatable bonds is 5. The highest BCUT2D eigenvalue weighted by Crippen LogP contribution is 2.29. The van der Waals surface area contributed by atoms with Gasteiger partial charge in [0, 0.05) is 35.8 Å².